The molecule has 0 bridgehead atoms. The molecule has 0 aliphatic carbocycles. The summed E-state index contributed by atoms with van der Waals surface area (Å²) in [5, 5.41) is 5.59. The highest BCUT2D eigenvalue weighted by atomic mass is 79.9. The number of carbonyl (C=O) groups excluding carboxylic acids is 2. The largest absolute Gasteiger partial charge is 0.325 e. The normalized spacial score (nSPS) is 10.4. The van der Waals surface area contributed by atoms with Crippen molar-refractivity contribution in [2.75, 3.05) is 30.8 Å². The van der Waals surface area contributed by atoms with Gasteiger partial charge in [0.15, 0.2) is 0 Å². The summed E-state index contributed by atoms with van der Waals surface area (Å²) in [6, 6.07) is 16.6. The molecule has 6 heteroatoms. The topological polar surface area (TPSA) is 61.4 Å². The first-order valence-corrected chi connectivity index (χ1v) is 7.92. The number of amides is 2. The third-order valence-electron chi connectivity index (χ3n) is 3.03. The second kappa shape index (κ2) is 8.45. The number of anilines is 2. The number of benzene rings is 2. The fourth-order valence-corrected chi connectivity index (χ4v) is 2.40. The van der Waals surface area contributed by atoms with Gasteiger partial charge in [-0.05, 0) is 47.2 Å². The molecule has 0 fully saturated rings. The smallest absolute Gasteiger partial charge is 0.238 e. The van der Waals surface area contributed by atoms with E-state index in [1.54, 1.807) is 11.9 Å². The SMILES string of the molecule is CN(CC(=O)Nc1ccccc1)CC(=O)Nc1ccccc1Br. The van der Waals surface area contributed by atoms with Crippen molar-refractivity contribution in [3.63, 3.8) is 0 Å². The molecule has 0 atom stereocenters. The molecule has 0 heterocycles. The van der Waals surface area contributed by atoms with Gasteiger partial charge < -0.3 is 10.6 Å². The third kappa shape index (κ3) is 5.84. The summed E-state index contributed by atoms with van der Waals surface area (Å²) < 4.78 is 0.817. The van der Waals surface area contributed by atoms with Crippen LogP contribution in [-0.4, -0.2) is 36.9 Å². The Hall–Kier alpha value is -2.18. The Balaban J connectivity index is 1.80. The lowest BCUT2D eigenvalue weighted by atomic mass is 10.3. The van der Waals surface area contributed by atoms with Crippen LogP contribution in [0.15, 0.2) is 59.1 Å². The van der Waals surface area contributed by atoms with Crippen LogP contribution in [0.4, 0.5) is 11.4 Å². The number of hydrogen-bond acceptors (Lipinski definition) is 3. The monoisotopic (exact) mass is 375 g/mol. The zero-order chi connectivity index (χ0) is 16.7. The van der Waals surface area contributed by atoms with E-state index in [2.05, 4.69) is 26.6 Å². The molecule has 0 spiro atoms. The first kappa shape index (κ1) is 17.2. The molecule has 2 amide bonds. The van der Waals surface area contributed by atoms with Crippen LogP contribution in [0, 0.1) is 0 Å². The zero-order valence-corrected chi connectivity index (χ0v) is 14.3. The van der Waals surface area contributed by atoms with Crippen LogP contribution in [-0.2, 0) is 9.59 Å². The number of halogens is 1. The van der Waals surface area contributed by atoms with E-state index in [0.717, 1.165) is 10.2 Å². The summed E-state index contributed by atoms with van der Waals surface area (Å²) in [6.45, 7) is 0.266. The predicted molar refractivity (Wildman–Crippen MR) is 95.3 cm³/mol. The van der Waals surface area contributed by atoms with Gasteiger partial charge >= 0.3 is 0 Å². The number of rotatable bonds is 6. The molecule has 2 N–H and O–H groups in total. The minimum atomic E-state index is -0.174. The zero-order valence-electron chi connectivity index (χ0n) is 12.8. The Bertz CT molecular complexity index is 677. The fraction of sp³-hybridized carbons (Fsp3) is 0.176. The number of nitrogens with one attached hydrogen (secondary N) is 2. The van der Waals surface area contributed by atoms with Crippen molar-refractivity contribution in [2.45, 2.75) is 0 Å². The van der Waals surface area contributed by atoms with Gasteiger partial charge in [-0.15, -0.1) is 0 Å². The highest BCUT2D eigenvalue weighted by Gasteiger charge is 2.12. The fourth-order valence-electron chi connectivity index (χ4n) is 2.02. The van der Waals surface area contributed by atoms with Crippen LogP contribution in [0.25, 0.3) is 0 Å². The van der Waals surface area contributed by atoms with Gasteiger partial charge in [-0.3, -0.25) is 14.5 Å². The van der Waals surface area contributed by atoms with Gasteiger partial charge in [0.25, 0.3) is 0 Å². The Morgan fingerprint density at radius 3 is 2.13 bits per heavy atom. The summed E-state index contributed by atoms with van der Waals surface area (Å²) >= 11 is 3.38. The molecule has 0 aliphatic rings. The van der Waals surface area contributed by atoms with Gasteiger partial charge in [-0.2, -0.15) is 0 Å². The molecule has 5 nitrogen and oxygen atoms in total. The Morgan fingerprint density at radius 1 is 0.913 bits per heavy atom. The van der Waals surface area contributed by atoms with Crippen LogP contribution < -0.4 is 10.6 Å². The first-order valence-electron chi connectivity index (χ1n) is 7.12. The summed E-state index contributed by atoms with van der Waals surface area (Å²) in [4.78, 5) is 25.6. The van der Waals surface area contributed by atoms with Crippen LogP contribution in [0.3, 0.4) is 0 Å². The quantitative estimate of drug-likeness (QED) is 0.815. The Morgan fingerprint density at radius 2 is 1.48 bits per heavy atom. The molecule has 0 radical (unpaired) electrons. The molecule has 2 aromatic rings. The van der Waals surface area contributed by atoms with E-state index in [1.165, 1.54) is 0 Å². The minimum Gasteiger partial charge on any atom is -0.325 e. The van der Waals surface area contributed by atoms with E-state index in [1.807, 2.05) is 54.6 Å². The lowest BCUT2D eigenvalue weighted by molar-refractivity contribution is -0.119. The summed E-state index contributed by atoms with van der Waals surface area (Å²) in [6.07, 6.45) is 0. The van der Waals surface area contributed by atoms with E-state index in [0.29, 0.717) is 5.69 Å². The number of likely N-dealkylation sites (N-methyl/N-ethyl adjacent to an activating group) is 1. The van der Waals surface area contributed by atoms with Gasteiger partial charge in [-0.1, -0.05) is 30.3 Å². The van der Waals surface area contributed by atoms with E-state index >= 15 is 0 Å². The van der Waals surface area contributed by atoms with Crippen molar-refractivity contribution < 1.29 is 9.59 Å². The highest BCUT2D eigenvalue weighted by molar-refractivity contribution is 9.10. The second-order valence-corrected chi connectivity index (χ2v) is 5.97. The number of nitrogens with zero attached hydrogens (tertiary/aromatic N) is 1. The molecule has 2 aromatic carbocycles. The second-order valence-electron chi connectivity index (χ2n) is 5.11. The molecule has 120 valence electrons. The molecule has 2 rings (SSSR count). The maximum atomic E-state index is 12.0. The van der Waals surface area contributed by atoms with Gasteiger partial charge in [0, 0.05) is 10.2 Å². The van der Waals surface area contributed by atoms with Gasteiger partial charge in [0.05, 0.1) is 18.8 Å². The average Bonchev–Trinajstić information content (AvgIpc) is 2.50. The van der Waals surface area contributed by atoms with Crippen molar-refractivity contribution in [3.05, 3.63) is 59.1 Å². The number of hydrogen-bond donors (Lipinski definition) is 2. The molecular weight excluding hydrogens is 358 g/mol. The lowest BCUT2D eigenvalue weighted by Gasteiger charge is -2.16. The molecule has 0 saturated heterocycles. The third-order valence-corrected chi connectivity index (χ3v) is 3.72. The summed E-state index contributed by atoms with van der Waals surface area (Å²) in [5.74, 6) is -0.334. The Labute approximate surface area is 143 Å². The summed E-state index contributed by atoms with van der Waals surface area (Å²) in [7, 11) is 1.73. The highest BCUT2D eigenvalue weighted by Crippen LogP contribution is 2.20. The van der Waals surface area contributed by atoms with Crippen molar-refractivity contribution in [1.29, 1.82) is 0 Å². The van der Waals surface area contributed by atoms with Gasteiger partial charge in [0.1, 0.15) is 0 Å². The standard InChI is InChI=1S/C17H18BrN3O2/c1-21(11-16(22)19-13-7-3-2-4-8-13)12-17(23)20-15-10-6-5-9-14(15)18/h2-10H,11-12H2,1H3,(H,19,22)(H,20,23). The minimum absolute atomic E-state index is 0.129. The van der Waals surface area contributed by atoms with Crippen molar-refractivity contribution in [2.24, 2.45) is 0 Å². The summed E-state index contributed by atoms with van der Waals surface area (Å²) in [5.41, 5.74) is 1.45. The molecule has 0 unspecified atom stereocenters. The van der Waals surface area contributed by atoms with E-state index in [9.17, 15) is 9.59 Å². The van der Waals surface area contributed by atoms with Crippen LogP contribution in [0.2, 0.25) is 0 Å². The van der Waals surface area contributed by atoms with E-state index in [4.69, 9.17) is 0 Å². The Kier molecular flexibility index (Phi) is 6.31. The maximum absolute atomic E-state index is 12.0. The maximum Gasteiger partial charge on any atom is 0.238 e. The lowest BCUT2D eigenvalue weighted by Crippen LogP contribution is -2.36. The van der Waals surface area contributed by atoms with Gasteiger partial charge in [0.2, 0.25) is 11.8 Å². The predicted octanol–water partition coefficient (Wildman–Crippen LogP) is 2.96. The average molecular weight is 376 g/mol. The van der Waals surface area contributed by atoms with Crippen molar-refractivity contribution in [3.8, 4) is 0 Å². The van der Waals surface area contributed by atoms with Crippen molar-refractivity contribution in [1.82, 2.24) is 4.90 Å². The number of carbonyl (C=O) groups is 2. The van der Waals surface area contributed by atoms with Crippen LogP contribution in [0.5, 0.6) is 0 Å². The molecule has 0 saturated carbocycles. The molecule has 23 heavy (non-hydrogen) atoms. The van der Waals surface area contributed by atoms with Crippen LogP contribution >= 0.6 is 15.9 Å². The van der Waals surface area contributed by atoms with E-state index in [-0.39, 0.29) is 24.9 Å². The first-order chi connectivity index (χ1) is 11.0. The molecule has 0 aromatic heterocycles. The van der Waals surface area contributed by atoms with Crippen molar-refractivity contribution >= 4 is 39.1 Å². The van der Waals surface area contributed by atoms with Crippen LogP contribution in [0.1, 0.15) is 0 Å². The number of para-hydroxylation sites is 2. The van der Waals surface area contributed by atoms with E-state index < -0.39 is 0 Å². The molecular formula is C17H18BrN3O2. The molecule has 0 aliphatic heterocycles. The van der Waals surface area contributed by atoms with Gasteiger partial charge in [-0.25, -0.2) is 0 Å².